The molecule has 4 nitrogen and oxygen atoms in total. The third kappa shape index (κ3) is 24.4. The SMILES string of the molecule is CCC(C)O.CCC[Si](O)(CCC)CCC.O.O.[Zr]. The van der Waals surface area contributed by atoms with Crippen LogP contribution in [0.15, 0.2) is 0 Å². The molecular formula is C13H36O4SiZr. The molecular weight excluding hydrogens is 339 g/mol. The van der Waals surface area contributed by atoms with Gasteiger partial charge in [0, 0.05) is 26.2 Å². The van der Waals surface area contributed by atoms with Crippen molar-refractivity contribution in [2.45, 2.75) is 84.5 Å². The molecule has 6 N–H and O–H groups in total. The molecule has 0 saturated heterocycles. The van der Waals surface area contributed by atoms with Gasteiger partial charge in [-0.25, -0.2) is 0 Å². The van der Waals surface area contributed by atoms with Crippen LogP contribution in [0.3, 0.4) is 0 Å². The molecule has 0 fully saturated rings. The van der Waals surface area contributed by atoms with Crippen LogP contribution in [0.4, 0.5) is 0 Å². The molecule has 1 atom stereocenters. The van der Waals surface area contributed by atoms with E-state index in [1.165, 1.54) is 0 Å². The monoisotopic (exact) mass is 374 g/mol. The maximum absolute atomic E-state index is 10.2. The minimum Gasteiger partial charge on any atom is -0.432 e. The molecule has 0 amide bonds. The van der Waals surface area contributed by atoms with E-state index < -0.39 is 8.32 Å². The second-order valence-electron chi connectivity index (χ2n) is 4.73. The summed E-state index contributed by atoms with van der Waals surface area (Å²) in [6.45, 7) is 10.2. The zero-order valence-electron chi connectivity index (χ0n) is 13.4. The van der Waals surface area contributed by atoms with E-state index in [1.54, 1.807) is 6.92 Å². The fourth-order valence-corrected chi connectivity index (χ4v) is 5.31. The Kier molecular flexibility index (Phi) is 35.8. The van der Waals surface area contributed by atoms with Crippen molar-refractivity contribution in [2.75, 3.05) is 0 Å². The van der Waals surface area contributed by atoms with Crippen LogP contribution in [0.1, 0.15) is 60.3 Å². The average molecular weight is 376 g/mol. The van der Waals surface area contributed by atoms with E-state index in [-0.39, 0.29) is 43.3 Å². The molecule has 19 heavy (non-hydrogen) atoms. The summed E-state index contributed by atoms with van der Waals surface area (Å²) in [5.74, 6) is 0. The van der Waals surface area contributed by atoms with Crippen molar-refractivity contribution in [2.24, 2.45) is 0 Å². The van der Waals surface area contributed by atoms with Crippen molar-refractivity contribution in [1.82, 2.24) is 0 Å². The zero-order chi connectivity index (χ0) is 13.0. The van der Waals surface area contributed by atoms with Crippen LogP contribution in [0.25, 0.3) is 0 Å². The molecule has 0 aromatic rings. The van der Waals surface area contributed by atoms with Crippen molar-refractivity contribution in [3.05, 3.63) is 0 Å². The van der Waals surface area contributed by atoms with Gasteiger partial charge in [-0.1, -0.05) is 47.0 Å². The maximum atomic E-state index is 10.2. The maximum Gasteiger partial charge on any atom is 0.188 e. The molecule has 0 spiro atoms. The third-order valence-corrected chi connectivity index (χ3v) is 7.03. The van der Waals surface area contributed by atoms with Gasteiger partial charge in [0.15, 0.2) is 8.32 Å². The Morgan fingerprint density at radius 3 is 1.16 bits per heavy atom. The van der Waals surface area contributed by atoms with E-state index in [0.29, 0.717) is 0 Å². The van der Waals surface area contributed by atoms with Crippen molar-refractivity contribution < 1.29 is 47.1 Å². The molecule has 0 bridgehead atoms. The predicted octanol–water partition coefficient (Wildman–Crippen LogP) is 2.28. The molecule has 0 aliphatic heterocycles. The van der Waals surface area contributed by atoms with Gasteiger partial charge in [0.05, 0.1) is 6.10 Å². The normalized spacial score (nSPS) is 10.9. The molecule has 120 valence electrons. The first kappa shape index (κ1) is 32.0. The molecule has 0 saturated carbocycles. The smallest absolute Gasteiger partial charge is 0.188 e. The van der Waals surface area contributed by atoms with Gasteiger partial charge in [-0.3, -0.25) is 0 Å². The van der Waals surface area contributed by atoms with E-state index in [9.17, 15) is 4.80 Å². The number of aliphatic hydroxyl groups excluding tert-OH is 1. The van der Waals surface area contributed by atoms with Crippen molar-refractivity contribution in [1.29, 1.82) is 0 Å². The fraction of sp³-hybridized carbons (Fsp3) is 1.00. The Bertz CT molecular complexity index is 132. The third-order valence-electron chi connectivity index (χ3n) is 2.74. The summed E-state index contributed by atoms with van der Waals surface area (Å²) in [4.78, 5) is 10.2. The van der Waals surface area contributed by atoms with Gasteiger partial charge in [0.2, 0.25) is 0 Å². The van der Waals surface area contributed by atoms with E-state index in [4.69, 9.17) is 5.11 Å². The largest absolute Gasteiger partial charge is 0.432 e. The zero-order valence-corrected chi connectivity index (χ0v) is 16.9. The Morgan fingerprint density at radius 1 is 0.842 bits per heavy atom. The van der Waals surface area contributed by atoms with Gasteiger partial charge in [-0.05, 0) is 31.5 Å². The van der Waals surface area contributed by atoms with Crippen molar-refractivity contribution in [3.8, 4) is 0 Å². The van der Waals surface area contributed by atoms with Crippen LogP contribution in [-0.2, 0) is 26.2 Å². The summed E-state index contributed by atoms with van der Waals surface area (Å²) in [6, 6.07) is 3.32. The van der Waals surface area contributed by atoms with Gasteiger partial charge in [-0.2, -0.15) is 0 Å². The van der Waals surface area contributed by atoms with Crippen LogP contribution in [0, 0.1) is 0 Å². The van der Waals surface area contributed by atoms with Crippen LogP contribution in [-0.4, -0.2) is 35.3 Å². The van der Waals surface area contributed by atoms with Gasteiger partial charge < -0.3 is 20.9 Å². The standard InChI is InChI=1S/C9H22OSi.C4H10O.2H2O.Zr/c1-4-7-11(10,8-5-2)9-6-3;1-3-4(2)5;;;/h10H,4-9H2,1-3H3;4-5H,3H2,1-2H3;2*1H2;. The van der Waals surface area contributed by atoms with Gasteiger partial charge in [0.25, 0.3) is 0 Å². The molecule has 0 aromatic heterocycles. The predicted molar refractivity (Wildman–Crippen MR) is 82.5 cm³/mol. The summed E-state index contributed by atoms with van der Waals surface area (Å²) >= 11 is 0. The minimum atomic E-state index is -1.75. The second-order valence-corrected chi connectivity index (χ2v) is 8.68. The van der Waals surface area contributed by atoms with E-state index in [2.05, 4.69) is 20.8 Å². The van der Waals surface area contributed by atoms with Crippen molar-refractivity contribution >= 4 is 8.32 Å². The van der Waals surface area contributed by atoms with E-state index >= 15 is 0 Å². The van der Waals surface area contributed by atoms with Gasteiger partial charge >= 0.3 is 0 Å². The number of hydrogen-bond donors (Lipinski definition) is 2. The number of hydrogen-bond acceptors (Lipinski definition) is 2. The molecule has 0 heterocycles. The van der Waals surface area contributed by atoms with Crippen LogP contribution < -0.4 is 0 Å². The van der Waals surface area contributed by atoms with Gasteiger partial charge in [-0.15, -0.1) is 0 Å². The quantitative estimate of drug-likeness (QED) is 0.666. The summed E-state index contributed by atoms with van der Waals surface area (Å²) in [5.41, 5.74) is 0. The number of rotatable bonds is 7. The Labute approximate surface area is 139 Å². The minimum absolute atomic E-state index is 0. The second kappa shape index (κ2) is 21.2. The molecule has 1 unspecified atom stereocenters. The van der Waals surface area contributed by atoms with Gasteiger partial charge in [0.1, 0.15) is 0 Å². The van der Waals surface area contributed by atoms with E-state index in [0.717, 1.165) is 43.8 Å². The fourth-order valence-electron chi connectivity index (χ4n) is 1.77. The molecule has 6 heteroatoms. The molecule has 0 rings (SSSR count). The van der Waals surface area contributed by atoms with E-state index in [1.807, 2.05) is 6.92 Å². The average Bonchev–Trinajstić information content (AvgIpc) is 2.19. The summed E-state index contributed by atoms with van der Waals surface area (Å²) < 4.78 is 0. The van der Waals surface area contributed by atoms with Crippen LogP contribution in [0.2, 0.25) is 18.1 Å². The Balaban J connectivity index is -0.0000000717. The number of aliphatic hydroxyl groups is 1. The summed E-state index contributed by atoms with van der Waals surface area (Å²) in [6.07, 6.45) is 4.21. The Hall–Kier alpha value is 0.940. The first-order chi connectivity index (χ1) is 7.45. The summed E-state index contributed by atoms with van der Waals surface area (Å²) in [5, 5.41) is 8.36. The molecule has 0 aliphatic carbocycles. The summed E-state index contributed by atoms with van der Waals surface area (Å²) in [7, 11) is -1.75. The molecule has 0 aromatic carbocycles. The molecule has 0 aliphatic rings. The molecule has 0 radical (unpaired) electrons. The van der Waals surface area contributed by atoms with Crippen LogP contribution >= 0.6 is 0 Å². The van der Waals surface area contributed by atoms with Crippen LogP contribution in [0.5, 0.6) is 0 Å². The topological polar surface area (TPSA) is 103 Å². The first-order valence-corrected chi connectivity index (χ1v) is 9.43. The van der Waals surface area contributed by atoms with Crippen molar-refractivity contribution in [3.63, 3.8) is 0 Å². The Morgan fingerprint density at radius 2 is 1.05 bits per heavy atom. The first-order valence-electron chi connectivity index (χ1n) is 6.86.